The zero-order valence-corrected chi connectivity index (χ0v) is 11.4. The second kappa shape index (κ2) is 5.70. The predicted octanol–water partition coefficient (Wildman–Crippen LogP) is 3.97. The standard InChI is InChI=1S/C14H13Cl2NO/c1-9-8-17-5-4-11(9)14(18)7-10-2-3-12(15)13(16)6-10/h2-6,8,14,18H,7H2,1H3. The van der Waals surface area contributed by atoms with Crippen LogP contribution in [0, 0.1) is 6.92 Å². The van der Waals surface area contributed by atoms with Gasteiger partial charge in [0.2, 0.25) is 0 Å². The van der Waals surface area contributed by atoms with Crippen molar-refractivity contribution in [3.63, 3.8) is 0 Å². The SMILES string of the molecule is Cc1cnccc1C(O)Cc1ccc(Cl)c(Cl)c1. The maximum Gasteiger partial charge on any atom is 0.0834 e. The highest BCUT2D eigenvalue weighted by Crippen LogP contribution is 2.26. The fraction of sp³-hybridized carbons (Fsp3) is 0.214. The molecule has 18 heavy (non-hydrogen) atoms. The quantitative estimate of drug-likeness (QED) is 0.923. The van der Waals surface area contributed by atoms with Crippen molar-refractivity contribution in [2.75, 3.05) is 0 Å². The van der Waals surface area contributed by atoms with Crippen molar-refractivity contribution in [3.05, 3.63) is 63.4 Å². The first-order valence-corrected chi connectivity index (χ1v) is 6.36. The molecule has 1 aromatic carbocycles. The Kier molecular flexibility index (Phi) is 4.23. The molecule has 0 saturated carbocycles. The molecule has 2 nitrogen and oxygen atoms in total. The number of benzene rings is 1. The first kappa shape index (κ1) is 13.3. The molecule has 0 amide bonds. The summed E-state index contributed by atoms with van der Waals surface area (Å²) in [5.74, 6) is 0. The van der Waals surface area contributed by atoms with E-state index in [0.717, 1.165) is 16.7 Å². The number of rotatable bonds is 3. The highest BCUT2D eigenvalue weighted by molar-refractivity contribution is 6.42. The Morgan fingerprint density at radius 3 is 2.67 bits per heavy atom. The molecule has 4 heteroatoms. The van der Waals surface area contributed by atoms with Crippen LogP contribution in [0.25, 0.3) is 0 Å². The number of aliphatic hydroxyl groups excluding tert-OH is 1. The van der Waals surface area contributed by atoms with Crippen molar-refractivity contribution in [3.8, 4) is 0 Å². The maximum atomic E-state index is 10.2. The van der Waals surface area contributed by atoms with Crippen LogP contribution in [0.2, 0.25) is 10.0 Å². The van der Waals surface area contributed by atoms with E-state index < -0.39 is 6.10 Å². The van der Waals surface area contributed by atoms with Gasteiger partial charge in [-0.25, -0.2) is 0 Å². The van der Waals surface area contributed by atoms with Crippen LogP contribution in [0.1, 0.15) is 22.8 Å². The third kappa shape index (κ3) is 3.02. The van der Waals surface area contributed by atoms with Gasteiger partial charge < -0.3 is 5.11 Å². The van der Waals surface area contributed by atoms with E-state index in [1.54, 1.807) is 24.5 Å². The number of hydrogen-bond acceptors (Lipinski definition) is 2. The number of nitrogens with zero attached hydrogens (tertiary/aromatic N) is 1. The molecule has 94 valence electrons. The van der Waals surface area contributed by atoms with Crippen LogP contribution < -0.4 is 0 Å². The van der Waals surface area contributed by atoms with Gasteiger partial charge >= 0.3 is 0 Å². The van der Waals surface area contributed by atoms with E-state index in [1.165, 1.54) is 0 Å². The zero-order valence-electron chi connectivity index (χ0n) is 9.90. The lowest BCUT2D eigenvalue weighted by Crippen LogP contribution is -2.04. The molecule has 2 aromatic rings. The molecule has 0 fully saturated rings. The van der Waals surface area contributed by atoms with Crippen molar-refractivity contribution in [2.24, 2.45) is 0 Å². The van der Waals surface area contributed by atoms with E-state index in [0.29, 0.717) is 16.5 Å². The molecule has 0 spiro atoms. The molecule has 1 N–H and O–H groups in total. The van der Waals surface area contributed by atoms with Crippen molar-refractivity contribution >= 4 is 23.2 Å². The van der Waals surface area contributed by atoms with Crippen LogP contribution in [0.15, 0.2) is 36.7 Å². The lowest BCUT2D eigenvalue weighted by Gasteiger charge is -2.13. The van der Waals surface area contributed by atoms with E-state index in [2.05, 4.69) is 4.98 Å². The van der Waals surface area contributed by atoms with Gasteiger partial charge in [0.05, 0.1) is 16.1 Å². The summed E-state index contributed by atoms with van der Waals surface area (Å²) in [5.41, 5.74) is 2.81. The van der Waals surface area contributed by atoms with Crippen LogP contribution in [-0.2, 0) is 6.42 Å². The Balaban J connectivity index is 2.19. The van der Waals surface area contributed by atoms with Gasteiger partial charge in [-0.3, -0.25) is 4.98 Å². The molecule has 1 unspecified atom stereocenters. The smallest absolute Gasteiger partial charge is 0.0834 e. The number of aryl methyl sites for hydroxylation is 1. The summed E-state index contributed by atoms with van der Waals surface area (Å²) >= 11 is 11.8. The van der Waals surface area contributed by atoms with Gasteiger partial charge in [-0.2, -0.15) is 0 Å². The summed E-state index contributed by atoms with van der Waals surface area (Å²) < 4.78 is 0. The molecular weight excluding hydrogens is 269 g/mol. The molecule has 0 aliphatic heterocycles. The second-order valence-electron chi connectivity index (χ2n) is 4.20. The Labute approximate surface area is 116 Å². The Hall–Kier alpha value is -1.09. The normalized spacial score (nSPS) is 12.4. The third-order valence-corrected chi connectivity index (χ3v) is 3.57. The molecule has 0 aliphatic rings. The van der Waals surface area contributed by atoms with E-state index in [1.807, 2.05) is 19.1 Å². The first-order valence-electron chi connectivity index (χ1n) is 5.60. The summed E-state index contributed by atoms with van der Waals surface area (Å²) in [6, 6.07) is 7.22. The summed E-state index contributed by atoms with van der Waals surface area (Å²) in [6.45, 7) is 1.93. The second-order valence-corrected chi connectivity index (χ2v) is 5.02. The van der Waals surface area contributed by atoms with Crippen molar-refractivity contribution in [1.29, 1.82) is 0 Å². The van der Waals surface area contributed by atoms with Crippen molar-refractivity contribution in [1.82, 2.24) is 4.98 Å². The van der Waals surface area contributed by atoms with Crippen LogP contribution >= 0.6 is 23.2 Å². The van der Waals surface area contributed by atoms with Gasteiger partial charge in [-0.15, -0.1) is 0 Å². The van der Waals surface area contributed by atoms with Gasteiger partial charge in [0.15, 0.2) is 0 Å². The average molecular weight is 282 g/mol. The molecule has 0 radical (unpaired) electrons. The van der Waals surface area contributed by atoms with Crippen molar-refractivity contribution in [2.45, 2.75) is 19.4 Å². The third-order valence-electron chi connectivity index (χ3n) is 2.84. The van der Waals surface area contributed by atoms with E-state index >= 15 is 0 Å². The summed E-state index contributed by atoms with van der Waals surface area (Å²) in [6.07, 6.45) is 3.36. The van der Waals surface area contributed by atoms with Crippen molar-refractivity contribution < 1.29 is 5.11 Å². The fourth-order valence-electron chi connectivity index (χ4n) is 1.86. The Bertz CT molecular complexity index is 557. The molecule has 1 aromatic heterocycles. The minimum atomic E-state index is -0.565. The van der Waals surface area contributed by atoms with Gasteiger partial charge in [0, 0.05) is 18.8 Å². The summed E-state index contributed by atoms with van der Waals surface area (Å²) in [5, 5.41) is 11.2. The number of aromatic nitrogens is 1. The minimum Gasteiger partial charge on any atom is -0.388 e. The molecule has 1 heterocycles. The van der Waals surface area contributed by atoms with Crippen LogP contribution in [-0.4, -0.2) is 10.1 Å². The van der Waals surface area contributed by atoms with Crippen LogP contribution in [0.5, 0.6) is 0 Å². The van der Waals surface area contributed by atoms with Gasteiger partial charge in [-0.1, -0.05) is 29.3 Å². The average Bonchev–Trinajstić information content (AvgIpc) is 2.34. The van der Waals surface area contributed by atoms with E-state index in [9.17, 15) is 5.11 Å². The molecule has 1 atom stereocenters. The number of hydrogen-bond donors (Lipinski definition) is 1. The van der Waals surface area contributed by atoms with Crippen LogP contribution in [0.3, 0.4) is 0 Å². The minimum absolute atomic E-state index is 0.502. The van der Waals surface area contributed by atoms with Crippen LogP contribution in [0.4, 0.5) is 0 Å². The molecule has 0 aliphatic carbocycles. The topological polar surface area (TPSA) is 33.1 Å². The molecule has 0 bridgehead atoms. The number of halogens is 2. The highest BCUT2D eigenvalue weighted by Gasteiger charge is 2.11. The lowest BCUT2D eigenvalue weighted by molar-refractivity contribution is 0.177. The Morgan fingerprint density at radius 2 is 2.00 bits per heavy atom. The Morgan fingerprint density at radius 1 is 1.22 bits per heavy atom. The fourth-order valence-corrected chi connectivity index (χ4v) is 2.18. The molecule has 0 saturated heterocycles. The highest BCUT2D eigenvalue weighted by atomic mass is 35.5. The van der Waals surface area contributed by atoms with E-state index in [-0.39, 0.29) is 0 Å². The predicted molar refractivity (Wildman–Crippen MR) is 74.1 cm³/mol. The van der Waals surface area contributed by atoms with Gasteiger partial charge in [0.25, 0.3) is 0 Å². The summed E-state index contributed by atoms with van der Waals surface area (Å²) in [7, 11) is 0. The monoisotopic (exact) mass is 281 g/mol. The summed E-state index contributed by atoms with van der Waals surface area (Å²) in [4.78, 5) is 4.01. The maximum absolute atomic E-state index is 10.2. The molecular formula is C14H13Cl2NO. The lowest BCUT2D eigenvalue weighted by atomic mass is 9.99. The van der Waals surface area contributed by atoms with E-state index in [4.69, 9.17) is 23.2 Å². The zero-order chi connectivity index (χ0) is 13.1. The first-order chi connectivity index (χ1) is 8.58. The molecule has 2 rings (SSSR count). The number of aliphatic hydroxyl groups is 1. The number of pyridine rings is 1. The van der Waals surface area contributed by atoms with Gasteiger partial charge in [0.1, 0.15) is 0 Å². The largest absolute Gasteiger partial charge is 0.388 e. The van der Waals surface area contributed by atoms with Gasteiger partial charge in [-0.05, 0) is 41.8 Å².